The maximum atomic E-state index is 10.4. The number of methoxy groups -OCH3 is 1. The Balaban J connectivity index is 2.59. The van der Waals surface area contributed by atoms with Crippen molar-refractivity contribution >= 4 is 5.97 Å². The lowest BCUT2D eigenvalue weighted by Gasteiger charge is -2.13. The van der Waals surface area contributed by atoms with Crippen molar-refractivity contribution in [2.45, 2.75) is 19.4 Å². The number of hydrogen-bond donors (Lipinski definition) is 1. The Morgan fingerprint density at radius 3 is 2.73 bits per heavy atom. The molecule has 1 aromatic carbocycles. The van der Waals surface area contributed by atoms with Crippen LogP contribution in [-0.2, 0) is 4.79 Å². The SMILES string of the molecule is COc1cccc(O[C@@H](C)CC(=O)O)c1. The molecule has 1 aromatic rings. The van der Waals surface area contributed by atoms with E-state index in [-0.39, 0.29) is 12.5 Å². The zero-order chi connectivity index (χ0) is 11.3. The third-order valence-corrected chi connectivity index (χ3v) is 1.84. The van der Waals surface area contributed by atoms with Crippen molar-refractivity contribution in [2.24, 2.45) is 0 Å². The van der Waals surface area contributed by atoms with Gasteiger partial charge in [-0.2, -0.15) is 0 Å². The fourth-order valence-electron chi connectivity index (χ4n) is 1.19. The van der Waals surface area contributed by atoms with Crippen LogP contribution in [0.3, 0.4) is 0 Å². The van der Waals surface area contributed by atoms with Crippen molar-refractivity contribution in [1.29, 1.82) is 0 Å². The van der Waals surface area contributed by atoms with E-state index in [4.69, 9.17) is 14.6 Å². The second-order valence-electron chi connectivity index (χ2n) is 3.21. The number of carbonyl (C=O) groups is 1. The van der Waals surface area contributed by atoms with Crippen molar-refractivity contribution < 1.29 is 19.4 Å². The Morgan fingerprint density at radius 2 is 2.13 bits per heavy atom. The molecule has 0 saturated heterocycles. The summed E-state index contributed by atoms with van der Waals surface area (Å²) in [5, 5.41) is 8.56. The summed E-state index contributed by atoms with van der Waals surface area (Å²) in [6.07, 6.45) is -0.369. The second-order valence-corrected chi connectivity index (χ2v) is 3.21. The number of benzene rings is 1. The van der Waals surface area contributed by atoms with Gasteiger partial charge in [-0.05, 0) is 19.1 Å². The molecule has 1 atom stereocenters. The Morgan fingerprint density at radius 1 is 1.47 bits per heavy atom. The predicted molar refractivity (Wildman–Crippen MR) is 55.3 cm³/mol. The number of hydrogen-bond acceptors (Lipinski definition) is 3. The summed E-state index contributed by atoms with van der Waals surface area (Å²) in [6.45, 7) is 1.72. The van der Waals surface area contributed by atoms with Crippen molar-refractivity contribution in [3.8, 4) is 11.5 Å². The summed E-state index contributed by atoms with van der Waals surface area (Å²) < 4.78 is 10.4. The van der Waals surface area contributed by atoms with Gasteiger partial charge in [-0.25, -0.2) is 0 Å². The third kappa shape index (κ3) is 3.89. The van der Waals surface area contributed by atoms with Crippen LogP contribution in [-0.4, -0.2) is 24.3 Å². The van der Waals surface area contributed by atoms with Crippen LogP contribution in [0.2, 0.25) is 0 Å². The number of aliphatic carboxylic acids is 1. The van der Waals surface area contributed by atoms with E-state index in [1.54, 1.807) is 38.3 Å². The Kier molecular flexibility index (Phi) is 3.97. The second kappa shape index (κ2) is 5.24. The first-order valence-corrected chi connectivity index (χ1v) is 4.64. The summed E-state index contributed by atoms with van der Waals surface area (Å²) in [4.78, 5) is 10.4. The highest BCUT2D eigenvalue weighted by Gasteiger charge is 2.09. The van der Waals surface area contributed by atoms with E-state index in [0.717, 1.165) is 0 Å². The highest BCUT2D eigenvalue weighted by Crippen LogP contribution is 2.20. The first-order valence-electron chi connectivity index (χ1n) is 4.64. The van der Waals surface area contributed by atoms with Gasteiger partial charge in [0.05, 0.1) is 13.5 Å². The molecule has 4 heteroatoms. The Hall–Kier alpha value is -1.71. The molecule has 0 aliphatic carbocycles. The molecule has 4 nitrogen and oxygen atoms in total. The lowest BCUT2D eigenvalue weighted by Crippen LogP contribution is -2.16. The summed E-state index contributed by atoms with van der Waals surface area (Å²) in [5.74, 6) is 0.434. The quantitative estimate of drug-likeness (QED) is 0.806. The zero-order valence-electron chi connectivity index (χ0n) is 8.77. The van der Waals surface area contributed by atoms with E-state index < -0.39 is 5.97 Å². The Bertz CT molecular complexity index is 335. The standard InChI is InChI=1S/C11H14O4/c1-8(6-11(12)13)15-10-5-3-4-9(7-10)14-2/h3-5,7-8H,6H2,1-2H3,(H,12,13)/t8-/m0/s1. The topological polar surface area (TPSA) is 55.8 Å². The summed E-state index contributed by atoms with van der Waals surface area (Å²) in [5.41, 5.74) is 0. The molecule has 82 valence electrons. The van der Waals surface area contributed by atoms with Gasteiger partial charge in [-0.1, -0.05) is 6.07 Å². The van der Waals surface area contributed by atoms with Gasteiger partial charge < -0.3 is 14.6 Å². The molecular formula is C11H14O4. The van der Waals surface area contributed by atoms with Crippen LogP contribution < -0.4 is 9.47 Å². The number of carboxylic acids is 1. The number of rotatable bonds is 5. The molecule has 15 heavy (non-hydrogen) atoms. The fraction of sp³-hybridized carbons (Fsp3) is 0.364. The summed E-state index contributed by atoms with van der Waals surface area (Å²) in [7, 11) is 1.57. The number of carboxylic acid groups (broad SMARTS) is 1. The molecule has 1 rings (SSSR count). The molecule has 0 aliphatic rings. The smallest absolute Gasteiger partial charge is 0.307 e. The average molecular weight is 210 g/mol. The minimum atomic E-state index is -0.870. The molecule has 0 spiro atoms. The van der Waals surface area contributed by atoms with E-state index in [2.05, 4.69) is 0 Å². The highest BCUT2D eigenvalue weighted by atomic mass is 16.5. The van der Waals surface area contributed by atoms with E-state index in [1.807, 2.05) is 0 Å². The maximum Gasteiger partial charge on any atom is 0.307 e. The van der Waals surface area contributed by atoms with Crippen molar-refractivity contribution in [3.63, 3.8) is 0 Å². The van der Waals surface area contributed by atoms with Gasteiger partial charge in [0, 0.05) is 6.07 Å². The molecule has 0 bridgehead atoms. The van der Waals surface area contributed by atoms with Crippen LogP contribution in [0.1, 0.15) is 13.3 Å². The van der Waals surface area contributed by atoms with E-state index in [9.17, 15) is 4.79 Å². The largest absolute Gasteiger partial charge is 0.497 e. The summed E-state index contributed by atoms with van der Waals surface area (Å²) in [6, 6.07) is 7.08. The molecule has 0 saturated carbocycles. The van der Waals surface area contributed by atoms with Crippen LogP contribution in [0.5, 0.6) is 11.5 Å². The fourth-order valence-corrected chi connectivity index (χ4v) is 1.19. The normalized spacial score (nSPS) is 11.9. The lowest BCUT2D eigenvalue weighted by atomic mass is 10.3. The zero-order valence-corrected chi connectivity index (χ0v) is 8.77. The minimum Gasteiger partial charge on any atom is -0.497 e. The molecule has 0 unspecified atom stereocenters. The molecule has 0 heterocycles. The van der Waals surface area contributed by atoms with Crippen molar-refractivity contribution in [1.82, 2.24) is 0 Å². The predicted octanol–water partition coefficient (Wildman–Crippen LogP) is 1.94. The lowest BCUT2D eigenvalue weighted by molar-refractivity contribution is -0.138. The van der Waals surface area contributed by atoms with Gasteiger partial charge in [0.25, 0.3) is 0 Å². The third-order valence-electron chi connectivity index (χ3n) is 1.84. The molecule has 0 fully saturated rings. The number of ether oxygens (including phenoxy) is 2. The van der Waals surface area contributed by atoms with Crippen molar-refractivity contribution in [2.75, 3.05) is 7.11 Å². The van der Waals surface area contributed by atoms with E-state index in [0.29, 0.717) is 11.5 Å². The molecular weight excluding hydrogens is 196 g/mol. The van der Waals surface area contributed by atoms with Gasteiger partial charge >= 0.3 is 5.97 Å². The van der Waals surface area contributed by atoms with Crippen molar-refractivity contribution in [3.05, 3.63) is 24.3 Å². The Labute approximate surface area is 88.4 Å². The monoisotopic (exact) mass is 210 g/mol. The van der Waals surface area contributed by atoms with Crippen LogP contribution in [0.15, 0.2) is 24.3 Å². The molecule has 0 radical (unpaired) electrons. The van der Waals surface area contributed by atoms with Crippen LogP contribution in [0, 0.1) is 0 Å². The first kappa shape index (κ1) is 11.4. The summed E-state index contributed by atoms with van der Waals surface area (Å²) >= 11 is 0. The molecule has 0 amide bonds. The van der Waals surface area contributed by atoms with Gasteiger partial charge in [0.15, 0.2) is 0 Å². The maximum absolute atomic E-state index is 10.4. The van der Waals surface area contributed by atoms with E-state index in [1.165, 1.54) is 0 Å². The van der Waals surface area contributed by atoms with Crippen LogP contribution in [0.4, 0.5) is 0 Å². The first-order chi connectivity index (χ1) is 7.11. The van der Waals surface area contributed by atoms with Crippen LogP contribution in [0.25, 0.3) is 0 Å². The minimum absolute atomic E-state index is 0.0167. The molecule has 1 N–H and O–H groups in total. The van der Waals surface area contributed by atoms with E-state index >= 15 is 0 Å². The molecule has 0 aromatic heterocycles. The van der Waals surface area contributed by atoms with Gasteiger partial charge in [0.1, 0.15) is 17.6 Å². The van der Waals surface area contributed by atoms with Gasteiger partial charge in [-0.3, -0.25) is 4.79 Å². The van der Waals surface area contributed by atoms with Gasteiger partial charge in [0.2, 0.25) is 0 Å². The average Bonchev–Trinajstić information content (AvgIpc) is 2.16. The molecule has 0 aliphatic heterocycles. The highest BCUT2D eigenvalue weighted by molar-refractivity contribution is 5.67. The van der Waals surface area contributed by atoms with Crippen LogP contribution >= 0.6 is 0 Å². The van der Waals surface area contributed by atoms with Gasteiger partial charge in [-0.15, -0.1) is 0 Å².